The molecule has 2 aliphatic heterocycles. The molecule has 21 heavy (non-hydrogen) atoms. The van der Waals surface area contributed by atoms with Crippen molar-refractivity contribution in [3.8, 4) is 0 Å². The van der Waals surface area contributed by atoms with Crippen molar-refractivity contribution >= 4 is 18.7 Å². The minimum atomic E-state index is -0.367. The van der Waals surface area contributed by atoms with Crippen LogP contribution in [0.15, 0.2) is 24.3 Å². The lowest BCUT2D eigenvalue weighted by molar-refractivity contribution is 0.00578. The van der Waals surface area contributed by atoms with Crippen LogP contribution in [0.2, 0.25) is 0 Å². The van der Waals surface area contributed by atoms with E-state index in [1.807, 2.05) is 52.0 Å². The molecule has 1 amide bonds. The molecule has 1 aromatic rings. The van der Waals surface area contributed by atoms with E-state index in [9.17, 15) is 4.79 Å². The van der Waals surface area contributed by atoms with Crippen LogP contribution in [0.25, 0.3) is 0 Å². The van der Waals surface area contributed by atoms with Gasteiger partial charge in [-0.15, -0.1) is 0 Å². The predicted octanol–water partition coefficient (Wildman–Crippen LogP) is 1.77. The standard InChI is InChI=1S/C15H20BNO4/c1-14(2)15(3,4)21-16(20-14)11-7-5-10(6-8-11)12-9-17-13(18)19-12/h5-8,12H,9H2,1-4H3,(H,17,18). The Kier molecular flexibility index (Phi) is 3.26. The zero-order chi connectivity index (χ0) is 15.3. The molecule has 1 N–H and O–H groups in total. The summed E-state index contributed by atoms with van der Waals surface area (Å²) in [6.45, 7) is 8.64. The third kappa shape index (κ3) is 2.54. The first-order valence-corrected chi connectivity index (χ1v) is 7.18. The molecule has 0 aromatic heterocycles. The number of ether oxygens (including phenoxy) is 1. The maximum atomic E-state index is 11.1. The normalized spacial score (nSPS) is 26.6. The summed E-state index contributed by atoms with van der Waals surface area (Å²) in [5.41, 5.74) is 1.24. The zero-order valence-corrected chi connectivity index (χ0v) is 12.8. The van der Waals surface area contributed by atoms with Gasteiger partial charge in [-0.2, -0.15) is 0 Å². The molecule has 3 rings (SSSR count). The van der Waals surface area contributed by atoms with Crippen molar-refractivity contribution in [2.45, 2.75) is 45.0 Å². The molecule has 0 saturated carbocycles. The summed E-state index contributed by atoms with van der Waals surface area (Å²) in [6, 6.07) is 7.82. The Morgan fingerprint density at radius 2 is 1.67 bits per heavy atom. The van der Waals surface area contributed by atoms with E-state index in [1.54, 1.807) is 0 Å². The molecule has 1 atom stereocenters. The van der Waals surface area contributed by atoms with Crippen LogP contribution in [0.1, 0.15) is 39.4 Å². The highest BCUT2D eigenvalue weighted by Crippen LogP contribution is 2.36. The topological polar surface area (TPSA) is 56.8 Å². The van der Waals surface area contributed by atoms with Crippen LogP contribution in [-0.2, 0) is 14.0 Å². The third-order valence-electron chi connectivity index (χ3n) is 4.51. The Morgan fingerprint density at radius 3 is 2.14 bits per heavy atom. The number of cyclic esters (lactones) is 1. The van der Waals surface area contributed by atoms with Gasteiger partial charge in [0.25, 0.3) is 0 Å². The van der Waals surface area contributed by atoms with E-state index in [0.717, 1.165) is 11.0 Å². The zero-order valence-electron chi connectivity index (χ0n) is 12.8. The number of carbonyl (C=O) groups is 1. The highest BCUT2D eigenvalue weighted by molar-refractivity contribution is 6.62. The fourth-order valence-electron chi connectivity index (χ4n) is 2.42. The van der Waals surface area contributed by atoms with E-state index in [4.69, 9.17) is 14.0 Å². The van der Waals surface area contributed by atoms with Gasteiger partial charge in [-0.1, -0.05) is 24.3 Å². The number of hydrogen-bond acceptors (Lipinski definition) is 4. The van der Waals surface area contributed by atoms with Crippen molar-refractivity contribution < 1.29 is 18.8 Å². The van der Waals surface area contributed by atoms with Gasteiger partial charge in [0, 0.05) is 0 Å². The highest BCUT2D eigenvalue weighted by atomic mass is 16.7. The second-order valence-electron chi connectivity index (χ2n) is 6.53. The summed E-state index contributed by atoms with van der Waals surface area (Å²) in [5.74, 6) is 0. The van der Waals surface area contributed by atoms with E-state index in [0.29, 0.717) is 6.54 Å². The number of benzene rings is 1. The van der Waals surface area contributed by atoms with Gasteiger partial charge in [-0.25, -0.2) is 4.79 Å². The highest BCUT2D eigenvalue weighted by Gasteiger charge is 2.51. The van der Waals surface area contributed by atoms with Gasteiger partial charge >= 0.3 is 13.2 Å². The van der Waals surface area contributed by atoms with Crippen molar-refractivity contribution in [1.82, 2.24) is 5.32 Å². The lowest BCUT2D eigenvalue weighted by Crippen LogP contribution is -2.41. The largest absolute Gasteiger partial charge is 0.494 e. The van der Waals surface area contributed by atoms with Crippen molar-refractivity contribution in [3.63, 3.8) is 0 Å². The van der Waals surface area contributed by atoms with Gasteiger partial charge < -0.3 is 19.4 Å². The van der Waals surface area contributed by atoms with Crippen LogP contribution in [0.3, 0.4) is 0 Å². The summed E-state index contributed by atoms with van der Waals surface area (Å²) in [5, 5.41) is 2.65. The Balaban J connectivity index is 1.75. The van der Waals surface area contributed by atoms with Gasteiger partial charge in [0.2, 0.25) is 0 Å². The van der Waals surface area contributed by atoms with E-state index in [2.05, 4.69) is 5.32 Å². The maximum Gasteiger partial charge on any atom is 0.494 e. The molecule has 0 bridgehead atoms. The average molecular weight is 289 g/mol. The first kappa shape index (κ1) is 14.4. The van der Waals surface area contributed by atoms with Gasteiger partial charge in [0.05, 0.1) is 17.7 Å². The van der Waals surface area contributed by atoms with Gasteiger partial charge in [-0.05, 0) is 38.7 Å². The Morgan fingerprint density at radius 1 is 1.10 bits per heavy atom. The first-order valence-electron chi connectivity index (χ1n) is 7.18. The lowest BCUT2D eigenvalue weighted by atomic mass is 9.78. The lowest BCUT2D eigenvalue weighted by Gasteiger charge is -2.32. The molecule has 0 spiro atoms. The van der Waals surface area contributed by atoms with Crippen molar-refractivity contribution in [2.75, 3.05) is 6.54 Å². The van der Waals surface area contributed by atoms with Crippen molar-refractivity contribution in [3.05, 3.63) is 29.8 Å². The van der Waals surface area contributed by atoms with Gasteiger partial charge in [-0.3, -0.25) is 0 Å². The Labute approximate surface area is 125 Å². The fourth-order valence-corrected chi connectivity index (χ4v) is 2.42. The molecule has 6 heteroatoms. The number of rotatable bonds is 2. The summed E-state index contributed by atoms with van der Waals surface area (Å²) in [7, 11) is -0.367. The second-order valence-corrected chi connectivity index (χ2v) is 6.53. The molecular formula is C15H20BNO4. The quantitative estimate of drug-likeness (QED) is 0.843. The maximum absolute atomic E-state index is 11.1. The van der Waals surface area contributed by atoms with Crippen LogP contribution in [0.4, 0.5) is 4.79 Å². The molecule has 1 aromatic carbocycles. The van der Waals surface area contributed by atoms with Gasteiger partial charge in [0.15, 0.2) is 0 Å². The average Bonchev–Trinajstić information content (AvgIpc) is 2.92. The van der Waals surface area contributed by atoms with Crippen LogP contribution < -0.4 is 10.8 Å². The minimum absolute atomic E-state index is 0.218. The number of nitrogens with one attached hydrogen (secondary N) is 1. The van der Waals surface area contributed by atoms with Crippen molar-refractivity contribution in [1.29, 1.82) is 0 Å². The fraction of sp³-hybridized carbons (Fsp3) is 0.533. The molecule has 2 fully saturated rings. The third-order valence-corrected chi connectivity index (χ3v) is 4.51. The number of alkyl carbamates (subject to hydrolysis) is 1. The van der Waals surface area contributed by atoms with Crippen LogP contribution in [0, 0.1) is 0 Å². The van der Waals surface area contributed by atoms with E-state index in [-0.39, 0.29) is 30.5 Å². The molecule has 112 valence electrons. The van der Waals surface area contributed by atoms with Crippen LogP contribution in [-0.4, -0.2) is 31.0 Å². The predicted molar refractivity (Wildman–Crippen MR) is 79.4 cm³/mol. The summed E-state index contributed by atoms with van der Waals surface area (Å²) < 4.78 is 17.2. The van der Waals surface area contributed by atoms with E-state index < -0.39 is 0 Å². The number of carbonyl (C=O) groups excluding carboxylic acids is 1. The molecule has 2 heterocycles. The monoisotopic (exact) mass is 289 g/mol. The summed E-state index contributed by atoms with van der Waals surface area (Å²) in [6.07, 6.45) is -0.583. The first-order chi connectivity index (χ1) is 9.78. The summed E-state index contributed by atoms with van der Waals surface area (Å²) in [4.78, 5) is 11.1. The Hall–Kier alpha value is -1.53. The van der Waals surface area contributed by atoms with Crippen molar-refractivity contribution in [2.24, 2.45) is 0 Å². The van der Waals surface area contributed by atoms with Crippen LogP contribution >= 0.6 is 0 Å². The molecule has 0 aliphatic carbocycles. The van der Waals surface area contributed by atoms with Gasteiger partial charge in [0.1, 0.15) is 6.10 Å². The summed E-state index contributed by atoms with van der Waals surface area (Å²) >= 11 is 0. The molecule has 1 unspecified atom stereocenters. The second kappa shape index (κ2) is 4.75. The Bertz CT molecular complexity index is 539. The molecule has 2 saturated heterocycles. The molecular weight excluding hydrogens is 269 g/mol. The minimum Gasteiger partial charge on any atom is -0.439 e. The van der Waals surface area contributed by atoms with Crippen LogP contribution in [0.5, 0.6) is 0 Å². The molecule has 5 nitrogen and oxygen atoms in total. The van der Waals surface area contributed by atoms with E-state index >= 15 is 0 Å². The van der Waals surface area contributed by atoms with E-state index in [1.165, 1.54) is 0 Å². The SMILES string of the molecule is CC1(C)OB(c2ccc(C3CNC(=O)O3)cc2)OC1(C)C. The number of amides is 1. The number of hydrogen-bond donors (Lipinski definition) is 1. The smallest absolute Gasteiger partial charge is 0.439 e. The molecule has 0 radical (unpaired) electrons. The molecule has 2 aliphatic rings.